The molecule has 4 heterocycles. The number of carbonyl (C=O) groups excluding carboxylic acids is 1. The molecule has 1 saturated heterocycles. The molecule has 0 radical (unpaired) electrons. The van der Waals surface area contributed by atoms with Gasteiger partial charge in [0.15, 0.2) is 11.6 Å². The number of hydrogen-bond acceptors (Lipinski definition) is 9. The number of fused-ring (bicyclic) bond motifs is 1. The van der Waals surface area contributed by atoms with Crippen LogP contribution in [0.2, 0.25) is 0 Å². The molecule has 0 unspecified atom stereocenters. The van der Waals surface area contributed by atoms with E-state index in [0.29, 0.717) is 18.8 Å². The van der Waals surface area contributed by atoms with Gasteiger partial charge in [0.1, 0.15) is 16.5 Å². The number of hydrogen-bond donors (Lipinski definition) is 0. The van der Waals surface area contributed by atoms with Gasteiger partial charge in [0.2, 0.25) is 5.13 Å². The van der Waals surface area contributed by atoms with Gasteiger partial charge in [-0.25, -0.2) is 9.97 Å². The lowest BCUT2D eigenvalue weighted by atomic mass is 10.1. The zero-order valence-electron chi connectivity index (χ0n) is 20.4. The number of ketones is 1. The predicted molar refractivity (Wildman–Crippen MR) is 139 cm³/mol. The van der Waals surface area contributed by atoms with E-state index in [2.05, 4.69) is 20.1 Å². The van der Waals surface area contributed by atoms with E-state index in [0.717, 1.165) is 72.5 Å². The molecule has 1 fully saturated rings. The molecule has 1 aliphatic heterocycles. The number of rotatable bonds is 9. The quantitative estimate of drug-likeness (QED) is 0.438. The average molecular weight is 492 g/mol. The standard InChI is InChI=1S/C26H33N7OS/c1-32(25-20-11-9-13-21(20)28-24(29-25)22-12-4-5-15-27-22)18-19(34)10-8-14-23-30-31-26(35-23)33-16-6-2-3-7-17-33/h4-5,12,15H,2-3,6-11,13-14,16-18H2,1H3. The summed E-state index contributed by atoms with van der Waals surface area (Å²) in [4.78, 5) is 31.2. The van der Waals surface area contributed by atoms with Crippen LogP contribution in [0.15, 0.2) is 24.4 Å². The fourth-order valence-electron chi connectivity index (χ4n) is 4.93. The van der Waals surface area contributed by atoms with E-state index in [-0.39, 0.29) is 5.78 Å². The second-order valence-electron chi connectivity index (χ2n) is 9.49. The number of Topliss-reactive ketones (excluding diaryl/α,β-unsaturated/α-hetero) is 1. The third-order valence-electron chi connectivity index (χ3n) is 6.76. The van der Waals surface area contributed by atoms with Gasteiger partial charge >= 0.3 is 0 Å². The Morgan fingerprint density at radius 1 is 1.06 bits per heavy atom. The molecular weight excluding hydrogens is 458 g/mol. The summed E-state index contributed by atoms with van der Waals surface area (Å²) in [6.07, 6.45) is 11.9. The second-order valence-corrected chi connectivity index (χ2v) is 10.5. The minimum atomic E-state index is 0.217. The van der Waals surface area contributed by atoms with Crippen LogP contribution in [0.5, 0.6) is 0 Å². The van der Waals surface area contributed by atoms with Crippen molar-refractivity contribution in [2.24, 2.45) is 0 Å². The van der Waals surface area contributed by atoms with Crippen molar-refractivity contribution in [1.29, 1.82) is 0 Å². The van der Waals surface area contributed by atoms with Crippen LogP contribution >= 0.6 is 11.3 Å². The van der Waals surface area contributed by atoms with Crippen LogP contribution in [0.3, 0.4) is 0 Å². The zero-order valence-corrected chi connectivity index (χ0v) is 21.3. The van der Waals surface area contributed by atoms with Crippen LogP contribution in [-0.4, -0.2) is 57.6 Å². The zero-order chi connectivity index (χ0) is 24.0. The van der Waals surface area contributed by atoms with Crippen molar-refractivity contribution >= 4 is 28.1 Å². The van der Waals surface area contributed by atoms with Crippen LogP contribution < -0.4 is 9.80 Å². The molecule has 1 aliphatic carbocycles. The van der Waals surface area contributed by atoms with Crippen molar-refractivity contribution in [2.45, 2.75) is 64.2 Å². The molecule has 0 saturated carbocycles. The molecule has 8 nitrogen and oxygen atoms in total. The summed E-state index contributed by atoms with van der Waals surface area (Å²) in [7, 11) is 1.96. The van der Waals surface area contributed by atoms with E-state index in [9.17, 15) is 4.79 Å². The minimum absolute atomic E-state index is 0.217. The van der Waals surface area contributed by atoms with E-state index < -0.39 is 0 Å². The molecule has 0 spiro atoms. The number of anilines is 2. The Morgan fingerprint density at radius 3 is 2.71 bits per heavy atom. The lowest BCUT2D eigenvalue weighted by molar-refractivity contribution is -0.117. The highest BCUT2D eigenvalue weighted by molar-refractivity contribution is 7.15. The number of aryl methyl sites for hydroxylation is 2. The summed E-state index contributed by atoms with van der Waals surface area (Å²) >= 11 is 1.68. The minimum Gasteiger partial charge on any atom is -0.352 e. The van der Waals surface area contributed by atoms with Crippen molar-refractivity contribution in [3.63, 3.8) is 0 Å². The number of nitrogens with zero attached hydrogens (tertiary/aromatic N) is 7. The van der Waals surface area contributed by atoms with Crippen molar-refractivity contribution < 1.29 is 4.79 Å². The molecule has 5 rings (SSSR count). The highest BCUT2D eigenvalue weighted by Crippen LogP contribution is 2.30. The SMILES string of the molecule is CN(CC(=O)CCCc1nnc(N2CCCCCC2)s1)c1nc(-c2ccccn2)nc2c1CCC2. The third-order valence-corrected chi connectivity index (χ3v) is 7.80. The first kappa shape index (κ1) is 23.8. The molecule has 0 atom stereocenters. The van der Waals surface area contributed by atoms with Crippen molar-refractivity contribution in [1.82, 2.24) is 25.1 Å². The molecule has 184 valence electrons. The summed E-state index contributed by atoms with van der Waals surface area (Å²) in [6.45, 7) is 2.50. The Labute approximate surface area is 210 Å². The highest BCUT2D eigenvalue weighted by atomic mass is 32.1. The average Bonchev–Trinajstić information content (AvgIpc) is 3.46. The van der Waals surface area contributed by atoms with Gasteiger partial charge in [-0.15, -0.1) is 10.2 Å². The molecular formula is C26H33N7OS. The smallest absolute Gasteiger partial charge is 0.208 e. The first-order valence-electron chi connectivity index (χ1n) is 12.8. The Bertz CT molecular complexity index is 1140. The molecule has 0 amide bonds. The molecule has 35 heavy (non-hydrogen) atoms. The van der Waals surface area contributed by atoms with Gasteiger partial charge in [-0.3, -0.25) is 9.78 Å². The van der Waals surface area contributed by atoms with Crippen LogP contribution in [0, 0.1) is 0 Å². The van der Waals surface area contributed by atoms with Gasteiger partial charge in [0, 0.05) is 50.4 Å². The van der Waals surface area contributed by atoms with Gasteiger partial charge in [-0.05, 0) is 50.7 Å². The highest BCUT2D eigenvalue weighted by Gasteiger charge is 2.23. The lowest BCUT2D eigenvalue weighted by Crippen LogP contribution is -2.28. The van der Waals surface area contributed by atoms with E-state index in [1.807, 2.05) is 30.1 Å². The van der Waals surface area contributed by atoms with Crippen molar-refractivity contribution in [3.05, 3.63) is 40.7 Å². The maximum atomic E-state index is 12.8. The normalized spacial score (nSPS) is 15.6. The summed E-state index contributed by atoms with van der Waals surface area (Å²) < 4.78 is 0. The van der Waals surface area contributed by atoms with Crippen molar-refractivity contribution in [3.8, 4) is 11.5 Å². The van der Waals surface area contributed by atoms with Crippen molar-refractivity contribution in [2.75, 3.05) is 36.5 Å². The second kappa shape index (κ2) is 11.2. The monoisotopic (exact) mass is 491 g/mol. The molecule has 0 aromatic carbocycles. The molecule has 0 bridgehead atoms. The maximum Gasteiger partial charge on any atom is 0.208 e. The van der Waals surface area contributed by atoms with Crippen LogP contribution in [0.1, 0.15) is 61.2 Å². The number of aromatic nitrogens is 5. The first-order chi connectivity index (χ1) is 17.2. The fraction of sp³-hybridized carbons (Fsp3) is 0.538. The molecule has 9 heteroatoms. The summed E-state index contributed by atoms with van der Waals surface area (Å²) in [6, 6.07) is 5.76. The lowest BCUT2D eigenvalue weighted by Gasteiger charge is -2.21. The molecule has 0 N–H and O–H groups in total. The third kappa shape index (κ3) is 5.83. The first-order valence-corrected chi connectivity index (χ1v) is 13.6. The van der Waals surface area contributed by atoms with Crippen LogP contribution in [0.4, 0.5) is 10.9 Å². The molecule has 3 aromatic rings. The maximum absolute atomic E-state index is 12.8. The van der Waals surface area contributed by atoms with Gasteiger partial charge in [0.25, 0.3) is 0 Å². The fourth-order valence-corrected chi connectivity index (χ4v) is 5.86. The Morgan fingerprint density at radius 2 is 1.91 bits per heavy atom. The van der Waals surface area contributed by atoms with Gasteiger partial charge in [-0.2, -0.15) is 0 Å². The van der Waals surface area contributed by atoms with E-state index in [1.54, 1.807) is 17.5 Å². The number of pyridine rings is 1. The van der Waals surface area contributed by atoms with Gasteiger partial charge < -0.3 is 9.80 Å². The number of likely N-dealkylation sites (N-methyl/N-ethyl adjacent to an activating group) is 1. The van der Waals surface area contributed by atoms with Crippen LogP contribution in [0.25, 0.3) is 11.5 Å². The van der Waals surface area contributed by atoms with E-state index >= 15 is 0 Å². The topological polar surface area (TPSA) is 88.0 Å². The Hall–Kier alpha value is -2.94. The van der Waals surface area contributed by atoms with Crippen LogP contribution in [-0.2, 0) is 24.1 Å². The summed E-state index contributed by atoms with van der Waals surface area (Å²) in [5.74, 6) is 1.72. The Balaban J connectivity index is 1.17. The van der Waals surface area contributed by atoms with E-state index in [4.69, 9.17) is 9.97 Å². The van der Waals surface area contributed by atoms with Gasteiger partial charge in [0.05, 0.1) is 6.54 Å². The molecule has 2 aliphatic rings. The van der Waals surface area contributed by atoms with Gasteiger partial charge in [-0.1, -0.05) is 30.2 Å². The predicted octanol–water partition coefficient (Wildman–Crippen LogP) is 4.29. The number of carbonyl (C=O) groups is 1. The Kier molecular flexibility index (Phi) is 7.61. The van der Waals surface area contributed by atoms with E-state index in [1.165, 1.54) is 31.2 Å². The molecule has 3 aromatic heterocycles. The summed E-state index contributed by atoms with van der Waals surface area (Å²) in [5, 5.41) is 10.9. The summed E-state index contributed by atoms with van der Waals surface area (Å²) in [5.41, 5.74) is 3.03. The largest absolute Gasteiger partial charge is 0.352 e.